The number of methoxy groups -OCH3 is 1. The summed E-state index contributed by atoms with van der Waals surface area (Å²) in [5.41, 5.74) is 2.13. The molecule has 2 aromatic carbocycles. The van der Waals surface area contributed by atoms with Crippen molar-refractivity contribution >= 4 is 17.5 Å². The number of carbonyl (C=O) groups is 1. The maximum absolute atomic E-state index is 13.1. The quantitative estimate of drug-likeness (QED) is 0.592. The highest BCUT2D eigenvalue weighted by molar-refractivity contribution is 6.32. The molecule has 0 unspecified atom stereocenters. The molecule has 0 radical (unpaired) electrons. The fourth-order valence-corrected chi connectivity index (χ4v) is 3.32. The Hall–Kier alpha value is -3.03. The van der Waals surface area contributed by atoms with Gasteiger partial charge in [-0.2, -0.15) is 5.10 Å². The van der Waals surface area contributed by atoms with Gasteiger partial charge in [0.1, 0.15) is 0 Å². The minimum Gasteiger partial charge on any atom is -0.454 e. The molecule has 0 spiro atoms. The molecule has 0 fully saturated rings. The summed E-state index contributed by atoms with van der Waals surface area (Å²) in [6.45, 7) is 1.50. The molecule has 1 aromatic heterocycles. The van der Waals surface area contributed by atoms with E-state index in [0.717, 1.165) is 5.56 Å². The van der Waals surface area contributed by atoms with Crippen molar-refractivity contribution in [2.45, 2.75) is 6.54 Å². The van der Waals surface area contributed by atoms with Crippen molar-refractivity contribution in [2.24, 2.45) is 0 Å². The Morgan fingerprint density at radius 3 is 2.90 bits per heavy atom. The summed E-state index contributed by atoms with van der Waals surface area (Å²) in [7, 11) is 1.61. The van der Waals surface area contributed by atoms with Crippen LogP contribution in [0.4, 0.5) is 0 Å². The zero-order valence-corrected chi connectivity index (χ0v) is 16.6. The van der Waals surface area contributed by atoms with Crippen LogP contribution in [0.2, 0.25) is 5.02 Å². The van der Waals surface area contributed by atoms with Gasteiger partial charge < -0.3 is 19.1 Å². The maximum Gasteiger partial charge on any atom is 0.257 e. The number of nitrogens with zero attached hydrogens (tertiary/aromatic N) is 3. The van der Waals surface area contributed by atoms with Crippen molar-refractivity contribution in [3.05, 3.63) is 71.0 Å². The number of aromatic nitrogens is 2. The zero-order chi connectivity index (χ0) is 20.2. The molecule has 0 N–H and O–H groups in total. The Balaban J connectivity index is 1.55. The van der Waals surface area contributed by atoms with Crippen LogP contribution in [0.5, 0.6) is 11.5 Å². The summed E-state index contributed by atoms with van der Waals surface area (Å²) in [6, 6.07) is 13.0. The van der Waals surface area contributed by atoms with E-state index in [4.69, 9.17) is 25.8 Å². The fourth-order valence-electron chi connectivity index (χ4n) is 3.10. The fraction of sp³-hybridized carbons (Fsp3) is 0.238. The van der Waals surface area contributed by atoms with E-state index < -0.39 is 0 Å². The molecule has 0 atom stereocenters. The minimum absolute atomic E-state index is 0.141. The average Bonchev–Trinajstić information content (AvgIpc) is 3.40. The Morgan fingerprint density at radius 2 is 2.07 bits per heavy atom. The second kappa shape index (κ2) is 8.55. The molecular weight excluding hydrogens is 394 g/mol. The summed E-state index contributed by atoms with van der Waals surface area (Å²) in [5.74, 6) is 1.26. The number of fused-ring (bicyclic) bond motifs is 1. The highest BCUT2D eigenvalue weighted by atomic mass is 35.5. The Kier molecular flexibility index (Phi) is 5.69. The second-order valence-corrected chi connectivity index (χ2v) is 6.94. The van der Waals surface area contributed by atoms with E-state index in [-0.39, 0.29) is 12.7 Å². The number of benzene rings is 2. The van der Waals surface area contributed by atoms with Gasteiger partial charge in [0, 0.05) is 26.4 Å². The monoisotopic (exact) mass is 413 g/mol. The number of hydrogen-bond acceptors (Lipinski definition) is 5. The molecule has 8 heteroatoms. The third kappa shape index (κ3) is 4.21. The van der Waals surface area contributed by atoms with E-state index in [1.807, 2.05) is 36.4 Å². The van der Waals surface area contributed by atoms with Gasteiger partial charge in [-0.1, -0.05) is 29.8 Å². The average molecular weight is 414 g/mol. The topological polar surface area (TPSA) is 65.8 Å². The number of ether oxygens (including phenoxy) is 3. The van der Waals surface area contributed by atoms with Crippen molar-refractivity contribution in [3.8, 4) is 17.2 Å². The molecule has 0 saturated heterocycles. The lowest BCUT2D eigenvalue weighted by molar-refractivity contribution is 0.0680. The molecule has 0 saturated carbocycles. The smallest absolute Gasteiger partial charge is 0.257 e. The van der Waals surface area contributed by atoms with Crippen molar-refractivity contribution in [3.63, 3.8) is 0 Å². The summed E-state index contributed by atoms with van der Waals surface area (Å²) in [5, 5.41) is 4.86. The van der Waals surface area contributed by atoms with E-state index in [1.54, 1.807) is 35.2 Å². The number of hydrogen-bond donors (Lipinski definition) is 0. The molecule has 29 heavy (non-hydrogen) atoms. The van der Waals surface area contributed by atoms with Gasteiger partial charge in [-0.3, -0.25) is 4.79 Å². The molecule has 1 aliphatic heterocycles. The summed E-state index contributed by atoms with van der Waals surface area (Å²) >= 11 is 6.24. The van der Waals surface area contributed by atoms with Crippen LogP contribution in [-0.4, -0.2) is 47.6 Å². The Labute approximate surface area is 173 Å². The maximum atomic E-state index is 13.1. The van der Waals surface area contributed by atoms with E-state index >= 15 is 0 Å². The summed E-state index contributed by atoms with van der Waals surface area (Å²) in [6.07, 6.45) is 3.23. The molecule has 0 aliphatic carbocycles. The van der Waals surface area contributed by atoms with E-state index in [0.29, 0.717) is 47.5 Å². The minimum atomic E-state index is -0.141. The summed E-state index contributed by atoms with van der Waals surface area (Å²) < 4.78 is 17.6. The van der Waals surface area contributed by atoms with Gasteiger partial charge in [0.25, 0.3) is 5.91 Å². The highest BCUT2D eigenvalue weighted by Gasteiger charge is 2.20. The first-order valence-corrected chi connectivity index (χ1v) is 9.50. The zero-order valence-electron chi connectivity index (χ0n) is 15.9. The largest absolute Gasteiger partial charge is 0.454 e. The lowest BCUT2D eigenvalue weighted by Gasteiger charge is -2.22. The van der Waals surface area contributed by atoms with E-state index in [1.165, 1.54) is 0 Å². The molecule has 0 bridgehead atoms. The number of halogens is 1. The molecule has 7 nitrogen and oxygen atoms in total. The molecule has 4 rings (SSSR count). The first-order valence-electron chi connectivity index (χ1n) is 9.12. The lowest BCUT2D eigenvalue weighted by atomic mass is 10.1. The van der Waals surface area contributed by atoms with Gasteiger partial charge in [-0.15, -0.1) is 0 Å². The third-order valence-corrected chi connectivity index (χ3v) is 4.91. The van der Waals surface area contributed by atoms with Gasteiger partial charge >= 0.3 is 0 Å². The van der Waals surface area contributed by atoms with Crippen LogP contribution in [-0.2, 0) is 11.3 Å². The van der Waals surface area contributed by atoms with Crippen LogP contribution < -0.4 is 9.47 Å². The standard InChI is InChI=1S/C21H20ClN3O4/c1-27-9-8-24(12-15-6-7-19-20(10-15)29-14-28-19)21(26)16-11-23-25(13-16)18-5-3-2-4-17(18)22/h2-7,10-11,13H,8-9,12,14H2,1H3. The number of carbonyl (C=O) groups excluding carboxylic acids is 1. The number of para-hydroxylation sites is 1. The highest BCUT2D eigenvalue weighted by Crippen LogP contribution is 2.33. The SMILES string of the molecule is COCCN(Cc1ccc2c(c1)OCO2)C(=O)c1cnn(-c2ccccc2Cl)c1. The Bertz CT molecular complexity index is 1020. The van der Waals surface area contributed by atoms with Gasteiger partial charge in [0.2, 0.25) is 6.79 Å². The van der Waals surface area contributed by atoms with E-state index in [2.05, 4.69) is 5.10 Å². The molecular formula is C21H20ClN3O4. The van der Waals surface area contributed by atoms with Crippen LogP contribution in [0, 0.1) is 0 Å². The second-order valence-electron chi connectivity index (χ2n) is 6.53. The number of rotatable bonds is 7. The van der Waals surface area contributed by atoms with Crippen molar-refractivity contribution in [1.82, 2.24) is 14.7 Å². The molecule has 3 aromatic rings. The first-order chi connectivity index (χ1) is 14.2. The first kappa shape index (κ1) is 19.3. The van der Waals surface area contributed by atoms with Crippen LogP contribution in [0.1, 0.15) is 15.9 Å². The normalized spacial score (nSPS) is 12.2. The number of amides is 1. The van der Waals surface area contributed by atoms with Gasteiger partial charge in [0.15, 0.2) is 11.5 Å². The van der Waals surface area contributed by atoms with Crippen molar-refractivity contribution in [1.29, 1.82) is 0 Å². The molecule has 150 valence electrons. The van der Waals surface area contributed by atoms with Crippen molar-refractivity contribution < 1.29 is 19.0 Å². The third-order valence-electron chi connectivity index (χ3n) is 4.59. The molecule has 1 aliphatic rings. The van der Waals surface area contributed by atoms with E-state index in [9.17, 15) is 4.79 Å². The molecule has 1 amide bonds. The molecule has 2 heterocycles. The van der Waals surface area contributed by atoms with Crippen LogP contribution in [0.25, 0.3) is 5.69 Å². The van der Waals surface area contributed by atoms with Gasteiger partial charge in [-0.25, -0.2) is 4.68 Å². The lowest BCUT2D eigenvalue weighted by Crippen LogP contribution is -2.33. The predicted octanol–water partition coefficient (Wildman–Crippen LogP) is 3.54. The van der Waals surface area contributed by atoms with Gasteiger partial charge in [-0.05, 0) is 29.8 Å². The van der Waals surface area contributed by atoms with Crippen LogP contribution in [0.15, 0.2) is 54.9 Å². The predicted molar refractivity (Wildman–Crippen MR) is 108 cm³/mol. The Morgan fingerprint density at radius 1 is 1.24 bits per heavy atom. The summed E-state index contributed by atoms with van der Waals surface area (Å²) in [4.78, 5) is 14.9. The van der Waals surface area contributed by atoms with Gasteiger partial charge in [0.05, 0.1) is 29.1 Å². The van der Waals surface area contributed by atoms with Crippen LogP contribution >= 0.6 is 11.6 Å². The van der Waals surface area contributed by atoms with Crippen molar-refractivity contribution in [2.75, 3.05) is 27.1 Å². The van der Waals surface area contributed by atoms with Crippen LogP contribution in [0.3, 0.4) is 0 Å².